The van der Waals surface area contributed by atoms with Gasteiger partial charge in [0.05, 0.1) is 13.2 Å². The second kappa shape index (κ2) is 8.18. The fourth-order valence-corrected chi connectivity index (χ4v) is 4.06. The summed E-state index contributed by atoms with van der Waals surface area (Å²) in [4.78, 5) is 37.7. The van der Waals surface area contributed by atoms with Crippen LogP contribution in [0, 0.1) is 6.92 Å². The molecule has 0 amide bonds. The molecule has 3 atom stereocenters. The number of aromatic nitrogens is 2. The summed E-state index contributed by atoms with van der Waals surface area (Å²) in [6.45, 7) is 12.3. The zero-order valence-corrected chi connectivity index (χ0v) is 18.6. The molecule has 0 aliphatic carbocycles. The highest BCUT2D eigenvalue weighted by Crippen LogP contribution is 2.41. The fourth-order valence-electron chi connectivity index (χ4n) is 2.72. The Labute approximate surface area is 165 Å². The summed E-state index contributed by atoms with van der Waals surface area (Å²) in [6, 6.07) is 0. The average Bonchev–Trinajstić information content (AvgIpc) is 2.96. The van der Waals surface area contributed by atoms with Crippen LogP contribution in [0.4, 0.5) is 0 Å². The van der Waals surface area contributed by atoms with Gasteiger partial charge in [0.25, 0.3) is 5.56 Å². The zero-order chi connectivity index (χ0) is 21.3. The second-order valence-corrected chi connectivity index (χ2v) is 13.3. The van der Waals surface area contributed by atoms with Gasteiger partial charge in [-0.2, -0.15) is 0 Å². The summed E-state index contributed by atoms with van der Waals surface area (Å²) in [5, 5.41) is -0.00684. The zero-order valence-electron chi connectivity index (χ0n) is 17.6. The molecule has 2 heterocycles. The average molecular weight is 411 g/mol. The molecule has 1 fully saturated rings. The number of hydrogen-bond acceptors (Lipinski definition) is 6. The summed E-state index contributed by atoms with van der Waals surface area (Å²) in [5.74, 6) is -0.491. The van der Waals surface area contributed by atoms with E-state index in [9.17, 15) is 14.4 Å². The number of ether oxygens (including phenoxy) is 2. The molecule has 28 heavy (non-hydrogen) atoms. The van der Waals surface area contributed by atoms with Crippen molar-refractivity contribution >= 4 is 14.3 Å². The van der Waals surface area contributed by atoms with Crippen LogP contribution in [0.1, 0.15) is 39.0 Å². The first-order chi connectivity index (χ1) is 12.9. The van der Waals surface area contributed by atoms with Gasteiger partial charge >= 0.3 is 11.7 Å². The van der Waals surface area contributed by atoms with Crippen LogP contribution in [0.25, 0.3) is 0 Å². The smallest absolute Gasteiger partial charge is 0.330 e. The molecule has 0 radical (unpaired) electrons. The van der Waals surface area contributed by atoms with Gasteiger partial charge < -0.3 is 13.9 Å². The Morgan fingerprint density at radius 2 is 2.00 bits per heavy atom. The molecule has 1 aliphatic rings. The monoisotopic (exact) mass is 410 g/mol. The van der Waals surface area contributed by atoms with Crippen LogP contribution in [0.2, 0.25) is 18.1 Å². The van der Waals surface area contributed by atoms with E-state index < -0.39 is 37.9 Å². The van der Waals surface area contributed by atoms with E-state index in [1.54, 1.807) is 13.0 Å². The normalized spacial score (nSPS) is 23.3. The van der Waals surface area contributed by atoms with Gasteiger partial charge in [-0.1, -0.05) is 20.8 Å². The minimum atomic E-state index is -2.12. The summed E-state index contributed by atoms with van der Waals surface area (Å²) < 4.78 is 18.6. The number of carbonyl (C=O) groups is 1. The molecule has 1 unspecified atom stereocenters. The third-order valence-corrected chi connectivity index (χ3v) is 9.95. The highest BCUT2D eigenvalue weighted by molar-refractivity contribution is 6.74. The molecule has 0 saturated carbocycles. The van der Waals surface area contributed by atoms with Crippen molar-refractivity contribution in [3.05, 3.63) is 44.8 Å². The van der Waals surface area contributed by atoms with E-state index in [0.717, 1.165) is 0 Å². The molecule has 9 heteroatoms. The van der Waals surface area contributed by atoms with Crippen molar-refractivity contribution < 1.29 is 18.7 Å². The predicted octanol–water partition coefficient (Wildman–Crippen LogP) is 2.25. The molecule has 1 aromatic heterocycles. The Bertz CT molecular complexity index is 864. The van der Waals surface area contributed by atoms with Gasteiger partial charge in [-0.25, -0.2) is 9.59 Å². The van der Waals surface area contributed by atoms with Crippen molar-refractivity contribution in [3.8, 4) is 0 Å². The Morgan fingerprint density at radius 1 is 1.36 bits per heavy atom. The van der Waals surface area contributed by atoms with Gasteiger partial charge in [0.1, 0.15) is 12.3 Å². The topological polar surface area (TPSA) is 99.6 Å². The van der Waals surface area contributed by atoms with E-state index in [2.05, 4.69) is 43.6 Å². The third-order valence-electron chi connectivity index (χ3n) is 5.45. The largest absolute Gasteiger partial charge is 0.466 e. The molecule has 2 rings (SSSR count). The minimum absolute atomic E-state index is 0.00684. The van der Waals surface area contributed by atoms with Crippen molar-refractivity contribution in [2.24, 2.45) is 0 Å². The standard InChI is InChI=1S/C19H30N2O6Si/c1-12-11-21(18(24)20-17(12)23)15-10-14(27-28(6,7)19(2,3)4)13(26-15)8-9-16(22)25-5/h8-9,11,13-15H,10H2,1-7H3,(H,20,23,24)/t13-,14?,15-/m1/s1. The molecule has 0 bridgehead atoms. The lowest BCUT2D eigenvalue weighted by Crippen LogP contribution is -2.45. The Kier molecular flexibility index (Phi) is 6.52. The van der Waals surface area contributed by atoms with Crippen molar-refractivity contribution in [3.63, 3.8) is 0 Å². The lowest BCUT2D eigenvalue weighted by molar-refractivity contribution is -0.134. The van der Waals surface area contributed by atoms with Gasteiger partial charge in [-0.05, 0) is 31.1 Å². The first-order valence-corrected chi connectivity index (χ1v) is 12.2. The Hall–Kier alpha value is -1.97. The van der Waals surface area contributed by atoms with Crippen LogP contribution in [0.5, 0.6) is 0 Å². The molecule has 1 saturated heterocycles. The van der Waals surface area contributed by atoms with Crippen LogP contribution in [0.15, 0.2) is 27.9 Å². The number of methoxy groups -OCH3 is 1. The van der Waals surface area contributed by atoms with Gasteiger partial charge in [0, 0.05) is 24.3 Å². The minimum Gasteiger partial charge on any atom is -0.466 e. The van der Waals surface area contributed by atoms with E-state index >= 15 is 0 Å². The molecule has 1 N–H and O–H groups in total. The first kappa shape index (κ1) is 22.3. The molecule has 1 aromatic rings. The summed E-state index contributed by atoms with van der Waals surface area (Å²) >= 11 is 0. The van der Waals surface area contributed by atoms with E-state index in [0.29, 0.717) is 12.0 Å². The number of rotatable bonds is 5. The maximum atomic E-state index is 12.3. The molecule has 0 spiro atoms. The van der Waals surface area contributed by atoms with E-state index in [1.807, 2.05) is 0 Å². The van der Waals surface area contributed by atoms with Gasteiger partial charge in [0.15, 0.2) is 8.32 Å². The number of carbonyl (C=O) groups excluding carboxylic acids is 1. The summed E-state index contributed by atoms with van der Waals surface area (Å²) in [6.07, 6.45) is 3.37. The van der Waals surface area contributed by atoms with E-state index in [-0.39, 0.29) is 11.1 Å². The molecule has 156 valence electrons. The number of aryl methyl sites for hydroxylation is 1. The van der Waals surface area contributed by atoms with E-state index in [1.165, 1.54) is 23.9 Å². The van der Waals surface area contributed by atoms with Crippen molar-refractivity contribution in [1.29, 1.82) is 0 Å². The number of H-pyrrole nitrogens is 1. The molecule has 1 aliphatic heterocycles. The Morgan fingerprint density at radius 3 is 2.57 bits per heavy atom. The number of nitrogens with zero attached hydrogens (tertiary/aromatic N) is 1. The van der Waals surface area contributed by atoms with Gasteiger partial charge in [-0.15, -0.1) is 0 Å². The number of aromatic amines is 1. The first-order valence-electron chi connectivity index (χ1n) is 9.27. The van der Waals surface area contributed by atoms with Gasteiger partial charge in [0.2, 0.25) is 0 Å². The van der Waals surface area contributed by atoms with Crippen LogP contribution >= 0.6 is 0 Å². The van der Waals surface area contributed by atoms with Crippen LogP contribution in [0.3, 0.4) is 0 Å². The lowest BCUT2D eigenvalue weighted by Gasteiger charge is -2.39. The summed E-state index contributed by atoms with van der Waals surface area (Å²) in [7, 11) is -0.813. The SMILES string of the molecule is COC(=O)C=C[C@H]1O[C@@H](n2cc(C)c(=O)[nH]c2=O)CC1O[Si](C)(C)C(C)(C)C. The van der Waals surface area contributed by atoms with Crippen molar-refractivity contribution in [1.82, 2.24) is 9.55 Å². The fraction of sp³-hybridized carbons (Fsp3) is 0.632. The Balaban J connectivity index is 2.35. The summed E-state index contributed by atoms with van der Waals surface area (Å²) in [5.41, 5.74) is -0.543. The van der Waals surface area contributed by atoms with Crippen molar-refractivity contribution in [2.45, 2.75) is 70.7 Å². The van der Waals surface area contributed by atoms with Crippen molar-refractivity contribution in [2.75, 3.05) is 7.11 Å². The maximum Gasteiger partial charge on any atom is 0.330 e. The molecule has 0 aromatic carbocycles. The molecular weight excluding hydrogens is 380 g/mol. The van der Waals surface area contributed by atoms with Crippen LogP contribution < -0.4 is 11.2 Å². The van der Waals surface area contributed by atoms with E-state index in [4.69, 9.17) is 9.16 Å². The number of nitrogens with one attached hydrogen (secondary N) is 1. The quantitative estimate of drug-likeness (QED) is 0.454. The maximum absolute atomic E-state index is 12.3. The lowest BCUT2D eigenvalue weighted by atomic mass is 10.1. The van der Waals surface area contributed by atoms with Gasteiger partial charge in [-0.3, -0.25) is 14.3 Å². The molecular formula is C19H30N2O6Si. The van der Waals surface area contributed by atoms with Crippen LogP contribution in [-0.2, 0) is 18.7 Å². The second-order valence-electron chi connectivity index (χ2n) is 8.57. The highest BCUT2D eigenvalue weighted by atomic mass is 28.4. The van der Waals surface area contributed by atoms with Crippen LogP contribution in [-0.4, -0.2) is 43.2 Å². The number of esters is 1. The third kappa shape index (κ3) is 4.89. The predicted molar refractivity (Wildman–Crippen MR) is 108 cm³/mol. The highest BCUT2D eigenvalue weighted by Gasteiger charge is 2.44. The number of hydrogen-bond donors (Lipinski definition) is 1. The molecule has 8 nitrogen and oxygen atoms in total.